The van der Waals surface area contributed by atoms with Crippen molar-refractivity contribution in [2.45, 2.75) is 45.2 Å². The van der Waals surface area contributed by atoms with Crippen molar-refractivity contribution in [1.82, 2.24) is 15.1 Å². The monoisotopic (exact) mass is 425 g/mol. The van der Waals surface area contributed by atoms with Gasteiger partial charge in [0.15, 0.2) is 0 Å². The van der Waals surface area contributed by atoms with E-state index in [1.165, 1.54) is 0 Å². The summed E-state index contributed by atoms with van der Waals surface area (Å²) in [7, 11) is 1.59. The molecule has 3 rings (SSSR count). The van der Waals surface area contributed by atoms with E-state index in [-0.39, 0.29) is 18.5 Å². The molecule has 1 fully saturated rings. The number of ether oxygens (including phenoxy) is 1. The number of carbonyl (C=O) groups is 3. The third-order valence-electron chi connectivity index (χ3n) is 6.14. The van der Waals surface area contributed by atoms with Gasteiger partial charge >= 0.3 is 6.03 Å². The largest absolute Gasteiger partial charge is 0.383 e. The summed E-state index contributed by atoms with van der Waals surface area (Å²) in [4.78, 5) is 41.8. The number of imide groups is 1. The van der Waals surface area contributed by atoms with Crippen molar-refractivity contribution in [3.8, 4) is 0 Å². The van der Waals surface area contributed by atoms with Gasteiger partial charge in [-0.15, -0.1) is 0 Å². The van der Waals surface area contributed by atoms with Crippen molar-refractivity contribution >= 4 is 28.6 Å². The number of fused-ring (bicyclic) bond motifs is 1. The minimum Gasteiger partial charge on any atom is -0.383 e. The smallest absolute Gasteiger partial charge is 0.325 e. The second-order valence-corrected chi connectivity index (χ2v) is 8.06. The molecule has 0 aliphatic carbocycles. The van der Waals surface area contributed by atoms with Crippen LogP contribution in [-0.4, -0.2) is 60.5 Å². The zero-order chi connectivity index (χ0) is 22.6. The molecule has 2 aromatic carbocycles. The number of nitrogens with one attached hydrogen (secondary N) is 1. The Morgan fingerprint density at radius 2 is 1.81 bits per heavy atom. The third-order valence-corrected chi connectivity index (χ3v) is 6.14. The van der Waals surface area contributed by atoms with Crippen LogP contribution in [0.25, 0.3) is 10.8 Å². The molecular formula is C24H31N3O4. The van der Waals surface area contributed by atoms with Gasteiger partial charge in [-0.05, 0) is 42.2 Å². The summed E-state index contributed by atoms with van der Waals surface area (Å²) in [6.45, 7) is 6.27. The summed E-state index contributed by atoms with van der Waals surface area (Å²) in [5.74, 6) is -0.672. The van der Waals surface area contributed by atoms with Crippen molar-refractivity contribution in [3.05, 3.63) is 48.0 Å². The van der Waals surface area contributed by atoms with E-state index in [2.05, 4.69) is 5.32 Å². The number of urea groups is 1. The SMILES string of the molecule is CCC(CC)N(CCOC)C(=O)CN1C(=O)NC(C)(c2ccc3ccccc3c2)C1=O. The minimum absolute atomic E-state index is 0.0373. The maximum atomic E-state index is 13.3. The molecule has 1 N–H and O–H groups in total. The average molecular weight is 426 g/mol. The number of carbonyl (C=O) groups excluding carboxylic acids is 3. The molecule has 0 aromatic heterocycles. The van der Waals surface area contributed by atoms with Gasteiger partial charge in [0.2, 0.25) is 5.91 Å². The topological polar surface area (TPSA) is 79.0 Å². The van der Waals surface area contributed by atoms with Crippen LogP contribution < -0.4 is 5.32 Å². The van der Waals surface area contributed by atoms with E-state index >= 15 is 0 Å². The van der Waals surface area contributed by atoms with Crippen LogP contribution in [0, 0.1) is 0 Å². The highest BCUT2D eigenvalue weighted by Gasteiger charge is 2.49. The number of rotatable bonds is 9. The lowest BCUT2D eigenvalue weighted by Gasteiger charge is -2.31. The molecule has 0 saturated carbocycles. The first-order valence-corrected chi connectivity index (χ1v) is 10.8. The molecule has 1 aliphatic rings. The van der Waals surface area contributed by atoms with Crippen LogP contribution in [0.5, 0.6) is 0 Å². The first kappa shape index (κ1) is 22.7. The van der Waals surface area contributed by atoms with Crippen LogP contribution in [0.3, 0.4) is 0 Å². The molecule has 1 heterocycles. The summed E-state index contributed by atoms with van der Waals surface area (Å²) in [5.41, 5.74) is -0.524. The minimum atomic E-state index is -1.21. The van der Waals surface area contributed by atoms with Gasteiger partial charge in [-0.2, -0.15) is 0 Å². The molecule has 0 spiro atoms. The summed E-state index contributed by atoms with van der Waals surface area (Å²) in [5, 5.41) is 4.83. The van der Waals surface area contributed by atoms with Crippen LogP contribution in [0.2, 0.25) is 0 Å². The summed E-state index contributed by atoms with van der Waals surface area (Å²) < 4.78 is 5.15. The molecule has 31 heavy (non-hydrogen) atoms. The quantitative estimate of drug-likeness (QED) is 0.626. The fraction of sp³-hybridized carbons (Fsp3) is 0.458. The van der Waals surface area contributed by atoms with Crippen LogP contribution in [-0.2, 0) is 19.9 Å². The molecule has 7 heteroatoms. The van der Waals surface area contributed by atoms with E-state index < -0.39 is 17.5 Å². The molecule has 1 atom stereocenters. The fourth-order valence-electron chi connectivity index (χ4n) is 4.19. The normalized spacial score (nSPS) is 18.7. The molecule has 1 aliphatic heterocycles. The number of amides is 4. The highest BCUT2D eigenvalue weighted by Crippen LogP contribution is 2.31. The molecule has 2 aromatic rings. The number of hydrogen-bond donors (Lipinski definition) is 1. The number of methoxy groups -OCH3 is 1. The molecule has 0 radical (unpaired) electrons. The number of hydrogen-bond acceptors (Lipinski definition) is 4. The van der Waals surface area contributed by atoms with E-state index in [0.717, 1.165) is 28.5 Å². The molecule has 1 unspecified atom stereocenters. The Balaban J connectivity index is 1.83. The van der Waals surface area contributed by atoms with E-state index in [0.29, 0.717) is 18.7 Å². The van der Waals surface area contributed by atoms with Gasteiger partial charge in [-0.3, -0.25) is 14.5 Å². The van der Waals surface area contributed by atoms with Gasteiger partial charge in [-0.1, -0.05) is 50.2 Å². The first-order chi connectivity index (χ1) is 14.8. The molecule has 166 valence electrons. The van der Waals surface area contributed by atoms with Gasteiger partial charge in [0.1, 0.15) is 12.1 Å². The van der Waals surface area contributed by atoms with E-state index in [1.54, 1.807) is 18.9 Å². The van der Waals surface area contributed by atoms with Crippen molar-refractivity contribution in [1.29, 1.82) is 0 Å². The summed E-state index contributed by atoms with van der Waals surface area (Å²) >= 11 is 0. The van der Waals surface area contributed by atoms with Gasteiger partial charge < -0.3 is 15.0 Å². The average Bonchev–Trinajstić information content (AvgIpc) is 3.00. The fourth-order valence-corrected chi connectivity index (χ4v) is 4.19. The van der Waals surface area contributed by atoms with Crippen molar-refractivity contribution in [3.63, 3.8) is 0 Å². The number of benzene rings is 2. The maximum Gasteiger partial charge on any atom is 0.325 e. The van der Waals surface area contributed by atoms with Gasteiger partial charge in [0.05, 0.1) is 6.61 Å². The van der Waals surface area contributed by atoms with Crippen molar-refractivity contribution in [2.24, 2.45) is 0 Å². The first-order valence-electron chi connectivity index (χ1n) is 10.8. The van der Waals surface area contributed by atoms with E-state index in [4.69, 9.17) is 4.74 Å². The second kappa shape index (κ2) is 9.47. The molecule has 0 bridgehead atoms. The molecule has 1 saturated heterocycles. The standard InChI is InChI=1S/C24H31N3O4/c1-5-20(6-2)26(13-14-31-4)21(28)16-27-22(29)24(3,25-23(27)30)19-12-11-17-9-7-8-10-18(17)15-19/h7-12,15,20H,5-6,13-14,16H2,1-4H3,(H,25,30). The maximum absolute atomic E-state index is 13.3. The van der Waals surface area contributed by atoms with E-state index in [1.807, 2.05) is 56.3 Å². The van der Waals surface area contributed by atoms with Gasteiger partial charge in [0.25, 0.3) is 5.91 Å². The van der Waals surface area contributed by atoms with Crippen LogP contribution in [0.4, 0.5) is 4.79 Å². The van der Waals surface area contributed by atoms with Crippen molar-refractivity contribution in [2.75, 3.05) is 26.8 Å². The predicted octanol–water partition coefficient (Wildman–Crippen LogP) is 3.27. The van der Waals surface area contributed by atoms with Crippen LogP contribution in [0.1, 0.15) is 39.2 Å². The highest BCUT2D eigenvalue weighted by molar-refractivity contribution is 6.09. The number of nitrogens with zero attached hydrogens (tertiary/aromatic N) is 2. The summed E-state index contributed by atoms with van der Waals surface area (Å²) in [6, 6.07) is 13.0. The third kappa shape index (κ3) is 4.42. The zero-order valence-corrected chi connectivity index (χ0v) is 18.7. The Morgan fingerprint density at radius 3 is 2.45 bits per heavy atom. The van der Waals surface area contributed by atoms with E-state index in [9.17, 15) is 14.4 Å². The molecule has 7 nitrogen and oxygen atoms in total. The lowest BCUT2D eigenvalue weighted by molar-refractivity contribution is -0.140. The van der Waals surface area contributed by atoms with Crippen molar-refractivity contribution < 1.29 is 19.1 Å². The molecular weight excluding hydrogens is 394 g/mol. The predicted molar refractivity (Wildman–Crippen MR) is 120 cm³/mol. The van der Waals surface area contributed by atoms with Crippen LogP contribution in [0.15, 0.2) is 42.5 Å². The van der Waals surface area contributed by atoms with Crippen LogP contribution >= 0.6 is 0 Å². The second-order valence-electron chi connectivity index (χ2n) is 8.06. The highest BCUT2D eigenvalue weighted by atomic mass is 16.5. The lowest BCUT2D eigenvalue weighted by Crippen LogP contribution is -2.48. The van der Waals surface area contributed by atoms with Gasteiger partial charge in [0, 0.05) is 19.7 Å². The Kier molecular flexibility index (Phi) is 6.95. The Hall–Kier alpha value is -2.93. The summed E-state index contributed by atoms with van der Waals surface area (Å²) in [6.07, 6.45) is 1.59. The Bertz CT molecular complexity index is 972. The van der Waals surface area contributed by atoms with Gasteiger partial charge in [-0.25, -0.2) is 4.79 Å². The molecule has 4 amide bonds. The lowest BCUT2D eigenvalue weighted by atomic mass is 9.90. The Labute approximate surface area is 183 Å². The zero-order valence-electron chi connectivity index (χ0n) is 18.7. The Morgan fingerprint density at radius 1 is 1.13 bits per heavy atom.